The van der Waals surface area contributed by atoms with Gasteiger partial charge in [0.25, 0.3) is 0 Å². The number of amides is 2. The van der Waals surface area contributed by atoms with Crippen molar-refractivity contribution in [1.82, 2.24) is 19.9 Å². The number of para-hydroxylation sites is 1. The Morgan fingerprint density at radius 1 is 1.02 bits per heavy atom. The average molecular weight is 668 g/mol. The van der Waals surface area contributed by atoms with Crippen LogP contribution >= 0.6 is 0 Å². The van der Waals surface area contributed by atoms with Crippen molar-refractivity contribution in [2.24, 2.45) is 11.7 Å². The van der Waals surface area contributed by atoms with Crippen LogP contribution < -0.4 is 16.4 Å². The summed E-state index contributed by atoms with van der Waals surface area (Å²) in [5, 5.41) is 6.79. The van der Waals surface area contributed by atoms with Gasteiger partial charge in [-0.15, -0.1) is 0 Å². The number of nitrogens with two attached hydrogens (primary N) is 1. The van der Waals surface area contributed by atoms with E-state index in [0.717, 1.165) is 22.0 Å². The summed E-state index contributed by atoms with van der Waals surface area (Å²) in [5.41, 5.74) is 7.64. The number of piperidine rings is 1. The highest BCUT2D eigenvalue weighted by molar-refractivity contribution is 7.89. The molecule has 0 radical (unpaired) electrons. The van der Waals surface area contributed by atoms with Gasteiger partial charge in [0.15, 0.2) is 0 Å². The van der Waals surface area contributed by atoms with Crippen LogP contribution in [0.1, 0.15) is 76.8 Å². The predicted octanol–water partition coefficient (Wildman–Crippen LogP) is 4.12. The van der Waals surface area contributed by atoms with Crippen LogP contribution in [-0.2, 0) is 29.1 Å². The number of esters is 1. The first-order chi connectivity index (χ1) is 22.2. The topological polar surface area (TPSA) is 164 Å². The van der Waals surface area contributed by atoms with E-state index in [1.807, 2.05) is 44.3 Å². The van der Waals surface area contributed by atoms with Crippen molar-refractivity contribution in [3.8, 4) is 0 Å². The number of aromatic nitrogens is 1. The van der Waals surface area contributed by atoms with Crippen LogP contribution in [-0.4, -0.2) is 72.8 Å². The summed E-state index contributed by atoms with van der Waals surface area (Å²) in [7, 11) is -3.69. The van der Waals surface area contributed by atoms with Crippen LogP contribution in [0, 0.1) is 12.8 Å². The van der Waals surface area contributed by atoms with Gasteiger partial charge < -0.3 is 26.1 Å². The van der Waals surface area contributed by atoms with Gasteiger partial charge >= 0.3 is 5.97 Å². The maximum absolute atomic E-state index is 14.1. The van der Waals surface area contributed by atoms with Crippen LogP contribution in [0.15, 0.2) is 59.6 Å². The second-order valence-corrected chi connectivity index (χ2v) is 15.4. The highest BCUT2D eigenvalue weighted by atomic mass is 32.2. The number of carbonyl (C=O) groups excluding carboxylic acids is 3. The van der Waals surface area contributed by atoms with Crippen molar-refractivity contribution in [1.29, 1.82) is 0 Å². The molecule has 3 aromatic rings. The van der Waals surface area contributed by atoms with Crippen LogP contribution in [0.25, 0.3) is 10.9 Å². The van der Waals surface area contributed by atoms with Gasteiger partial charge in [0, 0.05) is 42.0 Å². The molecule has 0 bridgehead atoms. The van der Waals surface area contributed by atoms with Gasteiger partial charge in [-0.1, -0.05) is 42.8 Å². The quantitative estimate of drug-likeness (QED) is 0.157. The molecule has 4 rings (SSSR count). The molecule has 0 aliphatic carbocycles. The molecule has 0 saturated carbocycles. The molecule has 1 aliphatic rings. The molecule has 1 aliphatic heterocycles. The minimum atomic E-state index is -3.69. The first kappa shape index (κ1) is 36.1. The Morgan fingerprint density at radius 2 is 1.68 bits per heavy atom. The van der Waals surface area contributed by atoms with Gasteiger partial charge in [0.1, 0.15) is 17.7 Å². The second kappa shape index (κ2) is 15.4. The SMILES string of the molecule is Cc1ccc(S(=O)(=O)N2CCC(C(=O)NC(C(=O)NC(CCCCN)C(=O)OC(C)(C)C)C(C)c3c[nH]c4ccccc34)CC2)cc1. The average Bonchev–Trinajstić information content (AvgIpc) is 3.46. The zero-order chi connectivity index (χ0) is 34.4. The van der Waals surface area contributed by atoms with Crippen LogP contribution in [0.2, 0.25) is 0 Å². The van der Waals surface area contributed by atoms with Crippen molar-refractivity contribution in [2.45, 2.75) is 95.2 Å². The highest BCUT2D eigenvalue weighted by Crippen LogP contribution is 2.29. The molecule has 3 atom stereocenters. The Morgan fingerprint density at radius 3 is 2.32 bits per heavy atom. The number of aryl methyl sites for hydroxylation is 1. The lowest BCUT2D eigenvalue weighted by Gasteiger charge is -2.33. The normalized spacial score (nSPS) is 16.7. The van der Waals surface area contributed by atoms with Crippen molar-refractivity contribution >= 4 is 38.7 Å². The fourth-order valence-corrected chi connectivity index (χ4v) is 7.40. The lowest BCUT2D eigenvalue weighted by Crippen LogP contribution is -2.55. The molecule has 2 aromatic carbocycles. The van der Waals surface area contributed by atoms with Crippen molar-refractivity contribution in [3.05, 3.63) is 65.9 Å². The van der Waals surface area contributed by atoms with Gasteiger partial charge in [-0.2, -0.15) is 4.31 Å². The molecule has 11 nitrogen and oxygen atoms in total. The zero-order valence-corrected chi connectivity index (χ0v) is 28.9. The number of hydrogen-bond acceptors (Lipinski definition) is 7. The third kappa shape index (κ3) is 9.21. The lowest BCUT2D eigenvalue weighted by molar-refractivity contribution is -0.159. The molecule has 256 valence electrons. The van der Waals surface area contributed by atoms with E-state index in [4.69, 9.17) is 10.5 Å². The maximum atomic E-state index is 14.1. The van der Waals surface area contributed by atoms with Gasteiger partial charge in [-0.05, 0) is 90.1 Å². The first-order valence-electron chi connectivity index (χ1n) is 16.4. The summed E-state index contributed by atoms with van der Waals surface area (Å²) < 4.78 is 33.5. The van der Waals surface area contributed by atoms with Crippen LogP contribution in [0.3, 0.4) is 0 Å². The number of fused-ring (bicyclic) bond motifs is 1. The molecule has 47 heavy (non-hydrogen) atoms. The van der Waals surface area contributed by atoms with E-state index in [0.29, 0.717) is 38.6 Å². The number of unbranched alkanes of at least 4 members (excludes halogenated alkanes) is 1. The first-order valence-corrected chi connectivity index (χ1v) is 17.8. The molecular weight excluding hydrogens is 618 g/mol. The highest BCUT2D eigenvalue weighted by Gasteiger charge is 2.37. The van der Waals surface area contributed by atoms with Crippen molar-refractivity contribution < 1.29 is 27.5 Å². The third-order valence-corrected chi connectivity index (χ3v) is 10.5. The Labute approximate surface area is 278 Å². The number of rotatable bonds is 13. The molecule has 2 heterocycles. The Hall–Kier alpha value is -3.74. The molecule has 12 heteroatoms. The van der Waals surface area contributed by atoms with Gasteiger partial charge in [0.2, 0.25) is 21.8 Å². The Kier molecular flexibility index (Phi) is 11.9. The van der Waals surface area contributed by atoms with Crippen molar-refractivity contribution in [2.75, 3.05) is 19.6 Å². The Balaban J connectivity index is 1.53. The van der Waals surface area contributed by atoms with E-state index >= 15 is 0 Å². The number of carbonyl (C=O) groups is 3. The number of hydrogen-bond donors (Lipinski definition) is 4. The standard InChI is InChI=1S/C35H49N5O6S/c1-23-13-15-26(16-14-23)47(44,45)40-20-17-25(18-21-40)32(41)39-31(24(2)28-22-37-29-11-7-6-10-27(28)29)33(42)38-30(12-8-9-19-36)34(43)46-35(3,4)5/h6-7,10-11,13-16,22,24-25,30-31,37H,8-9,12,17-21,36H2,1-5H3,(H,38,42)(H,39,41). The molecule has 1 aromatic heterocycles. The molecule has 0 spiro atoms. The summed E-state index contributed by atoms with van der Waals surface area (Å²) in [6, 6.07) is 12.5. The second-order valence-electron chi connectivity index (χ2n) is 13.4. The van der Waals surface area contributed by atoms with Gasteiger partial charge in [-0.25, -0.2) is 13.2 Å². The van der Waals surface area contributed by atoms with Gasteiger partial charge in [0.05, 0.1) is 4.90 Å². The van der Waals surface area contributed by atoms with Crippen LogP contribution in [0.4, 0.5) is 0 Å². The zero-order valence-electron chi connectivity index (χ0n) is 28.0. The minimum absolute atomic E-state index is 0.186. The molecule has 5 N–H and O–H groups in total. The molecular formula is C35H49N5O6S. The van der Waals surface area contributed by atoms with E-state index in [1.54, 1.807) is 45.0 Å². The number of aromatic amines is 1. The van der Waals surface area contributed by atoms with Crippen LogP contribution in [0.5, 0.6) is 0 Å². The fourth-order valence-electron chi connectivity index (χ4n) is 5.93. The number of nitrogens with one attached hydrogen (secondary N) is 3. The maximum Gasteiger partial charge on any atom is 0.329 e. The number of sulfonamides is 1. The van der Waals surface area contributed by atoms with Crippen molar-refractivity contribution in [3.63, 3.8) is 0 Å². The monoisotopic (exact) mass is 667 g/mol. The predicted molar refractivity (Wildman–Crippen MR) is 182 cm³/mol. The van der Waals surface area contributed by atoms with E-state index in [1.165, 1.54) is 4.31 Å². The van der Waals surface area contributed by atoms with E-state index in [2.05, 4.69) is 15.6 Å². The number of nitrogens with zero attached hydrogens (tertiary/aromatic N) is 1. The van der Waals surface area contributed by atoms with E-state index in [-0.39, 0.29) is 23.9 Å². The number of H-pyrrole nitrogens is 1. The summed E-state index contributed by atoms with van der Waals surface area (Å²) in [6.45, 7) is 9.89. The summed E-state index contributed by atoms with van der Waals surface area (Å²) in [5.74, 6) is -2.34. The molecule has 3 unspecified atom stereocenters. The molecule has 1 fully saturated rings. The summed E-state index contributed by atoms with van der Waals surface area (Å²) in [6.07, 6.45) is 4.09. The minimum Gasteiger partial charge on any atom is -0.458 e. The lowest BCUT2D eigenvalue weighted by atomic mass is 9.90. The smallest absolute Gasteiger partial charge is 0.329 e. The van der Waals surface area contributed by atoms with E-state index in [9.17, 15) is 22.8 Å². The van der Waals surface area contributed by atoms with Gasteiger partial charge in [-0.3, -0.25) is 9.59 Å². The summed E-state index contributed by atoms with van der Waals surface area (Å²) >= 11 is 0. The summed E-state index contributed by atoms with van der Waals surface area (Å²) in [4.78, 5) is 44.5. The Bertz CT molecular complexity index is 1640. The number of benzene rings is 2. The largest absolute Gasteiger partial charge is 0.458 e. The fraction of sp³-hybridized carbons (Fsp3) is 0.514. The molecule has 1 saturated heterocycles. The third-order valence-electron chi connectivity index (χ3n) is 8.63. The van der Waals surface area contributed by atoms with E-state index < -0.39 is 51.4 Å². The molecule has 2 amide bonds. The number of ether oxygens (including phenoxy) is 1.